The topological polar surface area (TPSA) is 81.2 Å². The third-order valence-electron chi connectivity index (χ3n) is 9.16. The maximum Gasteiger partial charge on any atom is 0.267 e. The second-order valence-corrected chi connectivity index (χ2v) is 17.6. The van der Waals surface area contributed by atoms with Gasteiger partial charge in [0, 0.05) is 55.4 Å². The van der Waals surface area contributed by atoms with E-state index in [4.69, 9.17) is 0 Å². The van der Waals surface area contributed by atoms with Crippen LogP contribution in [0.4, 0.5) is 8.78 Å². The van der Waals surface area contributed by atoms with Gasteiger partial charge in [0.2, 0.25) is 17.7 Å². The van der Waals surface area contributed by atoms with Gasteiger partial charge in [-0.1, -0.05) is 96.9 Å². The number of hydrogen-bond donors (Lipinski definition) is 1. The lowest BCUT2D eigenvalue weighted by atomic mass is 9.88. The molecule has 276 valence electrons. The first-order valence-electron chi connectivity index (χ1n) is 18.3. The standard InChI is InChI=1S/C14H27NO.C12H21F2NO.C12H23NO2/c1-10(2)7-12-8-14(5,6)9-15(12)13(16)11(3)4;1-8(2)5-10-6-12(13,14)7-15(10)11(16)9(3)4;1-8(2)5-10-6-11(14)7-13(10)12(15)9(3)4/h10-12H,7-9H2,1-6H3;8-10H,5-7H2,1-4H3;8-11,14H,5-7H2,1-4H3. The van der Waals surface area contributed by atoms with Gasteiger partial charge in [0.15, 0.2) is 0 Å². The zero-order valence-electron chi connectivity index (χ0n) is 32.4. The van der Waals surface area contributed by atoms with E-state index < -0.39 is 12.5 Å². The normalized spacial score (nSPS) is 25.2. The highest BCUT2D eigenvalue weighted by Crippen LogP contribution is 2.38. The molecule has 0 aromatic rings. The molecule has 3 heterocycles. The van der Waals surface area contributed by atoms with E-state index in [9.17, 15) is 28.3 Å². The molecule has 0 aromatic heterocycles. The molecule has 3 aliphatic rings. The van der Waals surface area contributed by atoms with Crippen molar-refractivity contribution >= 4 is 17.7 Å². The lowest BCUT2D eigenvalue weighted by Crippen LogP contribution is -2.39. The maximum atomic E-state index is 13.3. The number of aliphatic hydroxyl groups excluding tert-OH is 1. The first-order valence-corrected chi connectivity index (χ1v) is 18.3. The van der Waals surface area contributed by atoms with E-state index in [1.54, 1.807) is 13.8 Å². The van der Waals surface area contributed by atoms with E-state index in [0.717, 1.165) is 32.2 Å². The van der Waals surface area contributed by atoms with Crippen molar-refractivity contribution in [3.05, 3.63) is 0 Å². The number of amides is 3. The summed E-state index contributed by atoms with van der Waals surface area (Å²) in [5.74, 6) is -0.816. The van der Waals surface area contributed by atoms with Crippen LogP contribution in [0.1, 0.15) is 135 Å². The van der Waals surface area contributed by atoms with Gasteiger partial charge in [-0.25, -0.2) is 8.78 Å². The number of rotatable bonds is 9. The van der Waals surface area contributed by atoms with Gasteiger partial charge in [-0.2, -0.15) is 0 Å². The quantitative estimate of drug-likeness (QED) is 0.270. The maximum absolute atomic E-state index is 13.3. The van der Waals surface area contributed by atoms with Crippen LogP contribution in [-0.2, 0) is 14.4 Å². The Balaban J connectivity index is 0.000000353. The number of halogens is 2. The van der Waals surface area contributed by atoms with Crippen molar-refractivity contribution in [1.29, 1.82) is 0 Å². The smallest absolute Gasteiger partial charge is 0.267 e. The number of aliphatic hydroxyl groups is 1. The molecular weight excluding hydrogens is 600 g/mol. The number of likely N-dealkylation sites (tertiary alicyclic amines) is 3. The van der Waals surface area contributed by atoms with Gasteiger partial charge in [0.25, 0.3) is 5.92 Å². The lowest BCUT2D eigenvalue weighted by molar-refractivity contribution is -0.137. The summed E-state index contributed by atoms with van der Waals surface area (Å²) in [6.45, 7) is 29.7. The Hall–Kier alpha value is -1.77. The molecule has 0 radical (unpaired) electrons. The Labute approximate surface area is 286 Å². The zero-order chi connectivity index (χ0) is 36.6. The number of alkyl halides is 2. The number of hydrogen-bond acceptors (Lipinski definition) is 4. The van der Waals surface area contributed by atoms with Crippen LogP contribution in [-0.4, -0.2) is 87.3 Å². The molecule has 47 heavy (non-hydrogen) atoms. The van der Waals surface area contributed by atoms with E-state index in [1.807, 2.05) is 46.4 Å². The van der Waals surface area contributed by atoms with Crippen molar-refractivity contribution in [1.82, 2.24) is 14.7 Å². The summed E-state index contributed by atoms with van der Waals surface area (Å²) in [4.78, 5) is 41.2. The molecule has 3 aliphatic heterocycles. The summed E-state index contributed by atoms with van der Waals surface area (Å²) >= 11 is 0. The van der Waals surface area contributed by atoms with Gasteiger partial charge in [-0.15, -0.1) is 0 Å². The van der Waals surface area contributed by atoms with E-state index in [2.05, 4.69) is 46.4 Å². The molecule has 1 N–H and O–H groups in total. The van der Waals surface area contributed by atoms with Gasteiger partial charge in [0.1, 0.15) is 0 Å². The fourth-order valence-electron chi connectivity index (χ4n) is 7.25. The van der Waals surface area contributed by atoms with E-state index in [-0.39, 0.29) is 54.2 Å². The first kappa shape index (κ1) is 43.3. The van der Waals surface area contributed by atoms with Crippen LogP contribution in [0.5, 0.6) is 0 Å². The second kappa shape index (κ2) is 18.3. The van der Waals surface area contributed by atoms with Crippen molar-refractivity contribution in [3.8, 4) is 0 Å². The van der Waals surface area contributed by atoms with Crippen LogP contribution in [0, 0.1) is 40.9 Å². The summed E-state index contributed by atoms with van der Waals surface area (Å²) < 4.78 is 26.6. The zero-order valence-corrected chi connectivity index (χ0v) is 32.4. The summed E-state index contributed by atoms with van der Waals surface area (Å²) in [5, 5.41) is 9.62. The van der Waals surface area contributed by atoms with Crippen molar-refractivity contribution < 1.29 is 28.3 Å². The molecule has 0 spiro atoms. The van der Waals surface area contributed by atoms with Crippen molar-refractivity contribution in [2.75, 3.05) is 19.6 Å². The van der Waals surface area contributed by atoms with Gasteiger partial charge >= 0.3 is 0 Å². The van der Waals surface area contributed by atoms with E-state index in [1.165, 1.54) is 4.90 Å². The molecule has 3 saturated heterocycles. The van der Waals surface area contributed by atoms with Gasteiger partial charge in [-0.3, -0.25) is 14.4 Å². The molecule has 3 rings (SSSR count). The fraction of sp³-hybridized carbons (Fsp3) is 0.921. The highest BCUT2D eigenvalue weighted by Gasteiger charge is 2.47. The molecular formula is C38H71F2N3O4. The minimum atomic E-state index is -2.70. The minimum absolute atomic E-state index is 0.0324. The van der Waals surface area contributed by atoms with E-state index in [0.29, 0.717) is 48.1 Å². The number of carbonyl (C=O) groups excluding carboxylic acids is 3. The molecule has 0 bridgehead atoms. The van der Waals surface area contributed by atoms with Crippen LogP contribution >= 0.6 is 0 Å². The Bertz CT molecular complexity index is 941. The average molecular weight is 672 g/mol. The van der Waals surface area contributed by atoms with Crippen LogP contribution < -0.4 is 0 Å². The van der Waals surface area contributed by atoms with Crippen molar-refractivity contribution in [3.63, 3.8) is 0 Å². The molecule has 4 unspecified atom stereocenters. The SMILES string of the molecule is CC(C)CC1CC(C)(C)CN1C(=O)C(C)C.CC(C)CC1CC(F)(F)CN1C(=O)C(C)C.CC(C)CC1CC(O)CN1C(=O)C(C)C. The first-order chi connectivity index (χ1) is 21.4. The van der Waals surface area contributed by atoms with Crippen LogP contribution in [0.25, 0.3) is 0 Å². The molecule has 0 aromatic carbocycles. The Kier molecular flexibility index (Phi) is 16.8. The van der Waals surface area contributed by atoms with Gasteiger partial charge < -0.3 is 19.8 Å². The van der Waals surface area contributed by atoms with Gasteiger partial charge in [0.05, 0.1) is 12.6 Å². The summed E-state index contributed by atoms with van der Waals surface area (Å²) in [7, 11) is 0. The largest absolute Gasteiger partial charge is 0.391 e. The second-order valence-electron chi connectivity index (χ2n) is 17.6. The van der Waals surface area contributed by atoms with Gasteiger partial charge in [-0.05, 0) is 55.3 Å². The fourth-order valence-corrected chi connectivity index (χ4v) is 7.25. The molecule has 7 nitrogen and oxygen atoms in total. The predicted octanol–water partition coefficient (Wildman–Crippen LogP) is 7.89. The third kappa shape index (κ3) is 14.3. The van der Waals surface area contributed by atoms with E-state index >= 15 is 0 Å². The molecule has 3 fully saturated rings. The minimum Gasteiger partial charge on any atom is -0.391 e. The predicted molar refractivity (Wildman–Crippen MR) is 188 cm³/mol. The highest BCUT2D eigenvalue weighted by molar-refractivity contribution is 5.79. The number of nitrogens with zero attached hydrogens (tertiary/aromatic N) is 3. The monoisotopic (exact) mass is 672 g/mol. The summed E-state index contributed by atoms with van der Waals surface area (Å²) in [6, 6.07) is 0.421. The average Bonchev–Trinajstić information content (AvgIpc) is 3.52. The van der Waals surface area contributed by atoms with Crippen molar-refractivity contribution in [2.45, 2.75) is 166 Å². The third-order valence-corrected chi connectivity index (χ3v) is 9.16. The molecule has 0 saturated carbocycles. The summed E-state index contributed by atoms with van der Waals surface area (Å²) in [5.41, 5.74) is 0.296. The molecule has 0 aliphatic carbocycles. The Morgan fingerprint density at radius 1 is 0.617 bits per heavy atom. The summed E-state index contributed by atoms with van der Waals surface area (Å²) in [6.07, 6.45) is 4.20. The van der Waals surface area contributed by atoms with Crippen LogP contribution in [0.2, 0.25) is 0 Å². The molecule has 9 heteroatoms. The number of carbonyl (C=O) groups is 3. The Morgan fingerprint density at radius 3 is 1.38 bits per heavy atom. The van der Waals surface area contributed by atoms with Crippen LogP contribution in [0.3, 0.4) is 0 Å². The molecule has 4 atom stereocenters. The number of β-amino-alcohol motifs (C(OH)–C–C–N with tert-alkyl or cyclic N) is 1. The Morgan fingerprint density at radius 2 is 0.979 bits per heavy atom. The lowest BCUT2D eigenvalue weighted by Gasteiger charge is -2.27. The van der Waals surface area contributed by atoms with Crippen LogP contribution in [0.15, 0.2) is 0 Å². The highest BCUT2D eigenvalue weighted by atomic mass is 19.3. The van der Waals surface area contributed by atoms with Crippen molar-refractivity contribution in [2.24, 2.45) is 40.9 Å². The molecule has 3 amide bonds.